The number of benzene rings is 2. The Balaban J connectivity index is 1.93. The molecule has 2 aromatic carbocycles. The topological polar surface area (TPSA) is 64.2 Å². The van der Waals surface area contributed by atoms with E-state index in [1.165, 1.54) is 26.2 Å². The minimum Gasteiger partial charge on any atom is -0.493 e. The molecular weight excluding hydrogens is 433 g/mol. The molecule has 0 spiro atoms. The van der Waals surface area contributed by atoms with Crippen LogP contribution in [0.1, 0.15) is 47.4 Å². The highest BCUT2D eigenvalue weighted by Gasteiger charge is 2.33. The molecular formula is C25H25F3N2O3. The molecule has 3 aromatic rings. The van der Waals surface area contributed by atoms with Crippen LogP contribution in [-0.4, -0.2) is 23.1 Å². The van der Waals surface area contributed by atoms with Gasteiger partial charge in [0.2, 0.25) is 0 Å². The number of allylic oxidation sites excluding steroid dienone is 1. The summed E-state index contributed by atoms with van der Waals surface area (Å²) in [6.07, 6.45) is -0.851. The molecule has 0 radical (unpaired) electrons. The maximum absolute atomic E-state index is 13.5. The van der Waals surface area contributed by atoms with E-state index in [-0.39, 0.29) is 18.0 Å². The molecule has 0 amide bonds. The van der Waals surface area contributed by atoms with E-state index in [2.05, 4.69) is 10.2 Å². The number of alkyl halides is 3. The van der Waals surface area contributed by atoms with Crippen molar-refractivity contribution in [1.82, 2.24) is 10.2 Å². The van der Waals surface area contributed by atoms with Crippen LogP contribution in [0.25, 0.3) is 5.57 Å². The van der Waals surface area contributed by atoms with Gasteiger partial charge in [-0.2, -0.15) is 18.3 Å². The number of ether oxygens (including phenoxy) is 2. The lowest BCUT2D eigenvalue weighted by atomic mass is 9.97. The smallest absolute Gasteiger partial charge is 0.416 e. The van der Waals surface area contributed by atoms with E-state index in [0.717, 1.165) is 17.3 Å². The van der Waals surface area contributed by atoms with Gasteiger partial charge in [-0.3, -0.25) is 9.89 Å². The van der Waals surface area contributed by atoms with Gasteiger partial charge in [0, 0.05) is 16.8 Å². The van der Waals surface area contributed by atoms with Crippen LogP contribution in [-0.2, 0) is 24.0 Å². The van der Waals surface area contributed by atoms with Crippen molar-refractivity contribution >= 4 is 11.4 Å². The van der Waals surface area contributed by atoms with Gasteiger partial charge in [0.05, 0.1) is 18.9 Å². The number of nitrogens with one attached hydrogen (secondary N) is 1. The highest BCUT2D eigenvalue weighted by molar-refractivity contribution is 5.99. The zero-order valence-corrected chi connectivity index (χ0v) is 18.8. The molecule has 1 N–H and O–H groups in total. The molecule has 0 unspecified atom stereocenters. The molecule has 0 atom stereocenters. The summed E-state index contributed by atoms with van der Waals surface area (Å²) >= 11 is 0. The normalized spacial score (nSPS) is 12.0. The number of hydrogen-bond acceptors (Lipinski definition) is 4. The number of carbonyl (C=O) groups excluding carboxylic acids is 1. The first-order chi connectivity index (χ1) is 15.6. The summed E-state index contributed by atoms with van der Waals surface area (Å²) in [6, 6.07) is 9.29. The lowest BCUT2D eigenvalue weighted by Crippen LogP contribution is -2.12. The Bertz CT molecular complexity index is 1180. The Hall–Kier alpha value is -3.55. The minimum absolute atomic E-state index is 0.0389. The predicted octanol–water partition coefficient (Wildman–Crippen LogP) is 5.91. The lowest BCUT2D eigenvalue weighted by molar-refractivity contribution is -0.138. The van der Waals surface area contributed by atoms with Gasteiger partial charge in [-0.25, -0.2) is 0 Å². The molecule has 5 nitrogen and oxygen atoms in total. The average molecular weight is 458 g/mol. The van der Waals surface area contributed by atoms with Crippen molar-refractivity contribution in [3.63, 3.8) is 0 Å². The Kier molecular flexibility index (Phi) is 7.26. The highest BCUT2D eigenvalue weighted by Crippen LogP contribution is 2.36. The fraction of sp³-hybridized carbons (Fsp3) is 0.280. The van der Waals surface area contributed by atoms with Gasteiger partial charge < -0.3 is 9.47 Å². The summed E-state index contributed by atoms with van der Waals surface area (Å²) in [5.74, 6) is 0.488. The molecule has 0 aliphatic heterocycles. The third-order valence-electron chi connectivity index (χ3n) is 5.21. The molecule has 0 saturated carbocycles. The predicted molar refractivity (Wildman–Crippen MR) is 119 cm³/mol. The number of aromatic nitrogens is 2. The Morgan fingerprint density at radius 1 is 1.15 bits per heavy atom. The largest absolute Gasteiger partial charge is 0.493 e. The van der Waals surface area contributed by atoms with Crippen LogP contribution in [0.2, 0.25) is 0 Å². The SMILES string of the molecule is CCc1ccc(COc2ccc(/C(=C/C(C)=O)c3cn[nH]c3C)cc2OC)c(C(F)(F)F)c1. The van der Waals surface area contributed by atoms with Gasteiger partial charge in [0.1, 0.15) is 6.61 Å². The average Bonchev–Trinajstić information content (AvgIpc) is 3.20. The number of methoxy groups -OCH3 is 1. The maximum Gasteiger partial charge on any atom is 0.416 e. The summed E-state index contributed by atoms with van der Waals surface area (Å²) in [5.41, 5.74) is 2.81. The fourth-order valence-electron chi connectivity index (χ4n) is 3.49. The Morgan fingerprint density at radius 3 is 2.48 bits per heavy atom. The first-order valence-corrected chi connectivity index (χ1v) is 10.4. The zero-order valence-electron chi connectivity index (χ0n) is 18.8. The van der Waals surface area contributed by atoms with Gasteiger partial charge in [-0.1, -0.05) is 25.1 Å². The lowest BCUT2D eigenvalue weighted by Gasteiger charge is -2.17. The maximum atomic E-state index is 13.5. The van der Waals surface area contributed by atoms with Crippen LogP contribution in [0.4, 0.5) is 13.2 Å². The molecule has 174 valence electrons. The molecule has 33 heavy (non-hydrogen) atoms. The third kappa shape index (κ3) is 5.63. The van der Waals surface area contributed by atoms with E-state index in [4.69, 9.17) is 9.47 Å². The van der Waals surface area contributed by atoms with Crippen molar-refractivity contribution in [1.29, 1.82) is 0 Å². The van der Waals surface area contributed by atoms with Crippen molar-refractivity contribution in [2.24, 2.45) is 0 Å². The minimum atomic E-state index is -4.48. The van der Waals surface area contributed by atoms with Crippen LogP contribution >= 0.6 is 0 Å². The monoisotopic (exact) mass is 458 g/mol. The van der Waals surface area contributed by atoms with Crippen molar-refractivity contribution in [2.75, 3.05) is 7.11 Å². The number of ketones is 1. The number of hydrogen-bond donors (Lipinski definition) is 1. The molecule has 0 bridgehead atoms. The van der Waals surface area contributed by atoms with Crippen molar-refractivity contribution in [2.45, 2.75) is 40.0 Å². The van der Waals surface area contributed by atoms with Crippen LogP contribution in [0, 0.1) is 6.92 Å². The second kappa shape index (κ2) is 9.94. The first kappa shape index (κ1) is 24.1. The fourth-order valence-corrected chi connectivity index (χ4v) is 3.49. The molecule has 0 aliphatic rings. The van der Waals surface area contributed by atoms with Gasteiger partial charge in [0.25, 0.3) is 0 Å². The molecule has 0 fully saturated rings. The third-order valence-corrected chi connectivity index (χ3v) is 5.21. The van der Waals surface area contributed by atoms with Crippen LogP contribution in [0.5, 0.6) is 11.5 Å². The van der Waals surface area contributed by atoms with Gasteiger partial charge in [0.15, 0.2) is 17.3 Å². The summed E-state index contributed by atoms with van der Waals surface area (Å²) in [5, 5.41) is 6.86. The van der Waals surface area contributed by atoms with Gasteiger partial charge >= 0.3 is 6.18 Å². The molecule has 1 aromatic heterocycles. The van der Waals surface area contributed by atoms with E-state index >= 15 is 0 Å². The van der Waals surface area contributed by atoms with Crippen molar-refractivity contribution < 1.29 is 27.4 Å². The quantitative estimate of drug-likeness (QED) is 0.427. The van der Waals surface area contributed by atoms with Crippen LogP contribution in [0.3, 0.4) is 0 Å². The summed E-state index contributed by atoms with van der Waals surface area (Å²) < 4.78 is 51.7. The molecule has 1 heterocycles. The zero-order chi connectivity index (χ0) is 24.2. The molecule has 0 saturated heterocycles. The molecule has 3 rings (SSSR count). The number of aryl methyl sites for hydroxylation is 2. The summed E-state index contributed by atoms with van der Waals surface area (Å²) in [6.45, 7) is 4.82. The number of carbonyl (C=O) groups is 1. The first-order valence-electron chi connectivity index (χ1n) is 10.4. The number of aromatic amines is 1. The second-order valence-corrected chi connectivity index (χ2v) is 7.57. The van der Waals surface area contributed by atoms with Gasteiger partial charge in [-0.15, -0.1) is 0 Å². The highest BCUT2D eigenvalue weighted by atomic mass is 19.4. The standard InChI is InChI=1S/C25H25F3N2O3/c1-5-17-6-7-19(22(11-17)25(26,27)28)14-33-23-9-8-18(12-24(23)32-4)20(10-15(2)31)21-13-29-30-16(21)3/h6-13H,5,14H2,1-4H3,(H,29,30)/b20-10-. The van der Waals surface area contributed by atoms with Crippen molar-refractivity contribution in [3.8, 4) is 11.5 Å². The number of rotatable bonds is 8. The van der Waals surface area contributed by atoms with Gasteiger partial charge in [-0.05, 0) is 61.2 Å². The number of nitrogens with zero attached hydrogens (tertiary/aromatic N) is 1. The number of halogens is 3. The van der Waals surface area contributed by atoms with Crippen LogP contribution < -0.4 is 9.47 Å². The van der Waals surface area contributed by atoms with Crippen molar-refractivity contribution in [3.05, 3.63) is 82.2 Å². The summed E-state index contributed by atoms with van der Waals surface area (Å²) in [7, 11) is 1.45. The Morgan fingerprint density at radius 2 is 1.91 bits per heavy atom. The van der Waals surface area contributed by atoms with E-state index in [1.54, 1.807) is 37.4 Å². The Labute approximate surface area is 190 Å². The molecule has 0 aliphatic carbocycles. The van der Waals surface area contributed by atoms with E-state index in [1.807, 2.05) is 6.92 Å². The number of H-pyrrole nitrogens is 1. The van der Waals surface area contributed by atoms with E-state index in [9.17, 15) is 18.0 Å². The van der Waals surface area contributed by atoms with Crippen LogP contribution in [0.15, 0.2) is 48.7 Å². The molecule has 8 heteroatoms. The van der Waals surface area contributed by atoms with E-state index < -0.39 is 11.7 Å². The van der Waals surface area contributed by atoms with E-state index in [0.29, 0.717) is 34.6 Å². The second-order valence-electron chi connectivity index (χ2n) is 7.57. The summed E-state index contributed by atoms with van der Waals surface area (Å²) in [4.78, 5) is 11.8.